The van der Waals surface area contributed by atoms with Crippen molar-refractivity contribution in [3.05, 3.63) is 20.2 Å². The van der Waals surface area contributed by atoms with Crippen LogP contribution in [0.5, 0.6) is 0 Å². The highest BCUT2D eigenvalue weighted by molar-refractivity contribution is 5.70. The van der Waals surface area contributed by atoms with Crippen LogP contribution in [0.4, 0.5) is 4.79 Å². The number of nitrogens with two attached hydrogens (primary N) is 2. The van der Waals surface area contributed by atoms with Crippen LogP contribution in [0.25, 0.3) is 0 Å². The Hall–Kier alpha value is -2.01. The van der Waals surface area contributed by atoms with Crippen molar-refractivity contribution in [1.29, 1.82) is 0 Å². The molecule has 0 spiro atoms. The van der Waals surface area contributed by atoms with E-state index in [1.54, 1.807) is 0 Å². The SMILES string of the molecule is NN(C(=O)N(N)[N+](=O)[O-])[N+](=O)[O-]. The minimum atomic E-state index is -1.76. The zero-order valence-electron chi connectivity index (χ0n) is 5.48. The monoisotopic (exact) mass is 180 g/mol. The summed E-state index contributed by atoms with van der Waals surface area (Å²) in [6.45, 7) is 0. The van der Waals surface area contributed by atoms with Gasteiger partial charge in [0.05, 0.1) is 0 Å². The summed E-state index contributed by atoms with van der Waals surface area (Å²) in [5, 5.41) is 15.6. The van der Waals surface area contributed by atoms with Gasteiger partial charge in [-0.3, -0.25) is 0 Å². The maximum Gasteiger partial charge on any atom is 0.471 e. The van der Waals surface area contributed by atoms with Crippen molar-refractivity contribution in [2.75, 3.05) is 0 Å². The molecule has 0 bridgehead atoms. The van der Waals surface area contributed by atoms with E-state index in [1.807, 2.05) is 0 Å². The molecule has 4 N–H and O–H groups in total. The first-order valence-electron chi connectivity index (χ1n) is 2.30. The quantitative estimate of drug-likeness (QED) is 0.211. The van der Waals surface area contributed by atoms with Gasteiger partial charge < -0.3 is 0 Å². The number of carbonyl (C=O) groups excluding carboxylic acids is 1. The van der Waals surface area contributed by atoms with Crippen molar-refractivity contribution in [3.8, 4) is 0 Å². The molecule has 0 aromatic rings. The van der Waals surface area contributed by atoms with Crippen LogP contribution in [0.15, 0.2) is 0 Å². The van der Waals surface area contributed by atoms with Gasteiger partial charge in [-0.25, -0.2) is 25.0 Å². The van der Waals surface area contributed by atoms with Gasteiger partial charge in [-0.15, -0.1) is 0 Å². The van der Waals surface area contributed by atoms with Gasteiger partial charge in [0.2, 0.25) is 0 Å². The maximum absolute atomic E-state index is 10.4. The molecule has 12 heavy (non-hydrogen) atoms. The molecule has 0 heterocycles. The number of carbonyl (C=O) groups is 1. The molecule has 0 aliphatic rings. The summed E-state index contributed by atoms with van der Waals surface area (Å²) in [5.74, 6) is 8.91. The van der Waals surface area contributed by atoms with Gasteiger partial charge in [0.25, 0.3) is 0 Å². The second-order valence-corrected chi connectivity index (χ2v) is 1.45. The van der Waals surface area contributed by atoms with Crippen molar-refractivity contribution in [2.45, 2.75) is 0 Å². The van der Waals surface area contributed by atoms with E-state index < -0.39 is 26.3 Å². The molecule has 0 saturated heterocycles. The summed E-state index contributed by atoms with van der Waals surface area (Å²) < 4.78 is 0. The smallest absolute Gasteiger partial charge is 0.233 e. The van der Waals surface area contributed by atoms with Gasteiger partial charge in [-0.1, -0.05) is 0 Å². The second-order valence-electron chi connectivity index (χ2n) is 1.45. The Kier molecular flexibility index (Phi) is 2.83. The van der Waals surface area contributed by atoms with Crippen molar-refractivity contribution < 1.29 is 14.9 Å². The lowest BCUT2D eigenvalue weighted by molar-refractivity contribution is -0.670. The van der Waals surface area contributed by atoms with E-state index in [2.05, 4.69) is 11.7 Å². The van der Waals surface area contributed by atoms with Gasteiger partial charge in [0.15, 0.2) is 10.1 Å². The zero-order chi connectivity index (χ0) is 9.89. The van der Waals surface area contributed by atoms with E-state index >= 15 is 0 Å². The third-order valence-electron chi connectivity index (χ3n) is 0.744. The molecule has 0 fully saturated rings. The van der Waals surface area contributed by atoms with Crippen molar-refractivity contribution in [3.63, 3.8) is 0 Å². The Labute approximate surface area is 64.3 Å². The molecule has 68 valence electrons. The average Bonchev–Trinajstić information content (AvgIpc) is 2.00. The lowest BCUT2D eigenvalue weighted by Crippen LogP contribution is -2.54. The van der Waals surface area contributed by atoms with Crippen LogP contribution in [0.3, 0.4) is 0 Å². The van der Waals surface area contributed by atoms with Crippen LogP contribution in [0.1, 0.15) is 0 Å². The van der Waals surface area contributed by atoms with E-state index in [0.717, 1.165) is 0 Å². The first-order valence-corrected chi connectivity index (χ1v) is 2.30. The molecule has 2 amide bonds. The van der Waals surface area contributed by atoms with E-state index in [-0.39, 0.29) is 0 Å². The summed E-state index contributed by atoms with van der Waals surface area (Å²) in [6, 6.07) is -1.76. The molecular formula is CH4N6O5. The molecule has 0 rings (SSSR count). The molecule has 0 aliphatic carbocycles. The Morgan fingerprint density at radius 1 is 1.08 bits per heavy atom. The van der Waals surface area contributed by atoms with Crippen LogP contribution < -0.4 is 11.7 Å². The number of nitro groups is 2. The van der Waals surface area contributed by atoms with E-state index in [1.165, 1.54) is 0 Å². The number of hydrogen-bond acceptors (Lipinski definition) is 7. The fourth-order valence-electron chi connectivity index (χ4n) is 0.245. The number of nitrogens with zero attached hydrogens (tertiary/aromatic N) is 4. The van der Waals surface area contributed by atoms with Gasteiger partial charge in [-0.2, -0.15) is 11.7 Å². The predicted molar refractivity (Wildman–Crippen MR) is 31.4 cm³/mol. The predicted octanol–water partition coefficient (Wildman–Crippen LogP) is -2.16. The molecule has 0 unspecified atom stereocenters. The highest BCUT2D eigenvalue weighted by atomic mass is 16.7. The van der Waals surface area contributed by atoms with Crippen LogP contribution >= 0.6 is 0 Å². The normalized spacial score (nSPS) is 8.83. The maximum atomic E-state index is 10.4. The van der Waals surface area contributed by atoms with Crippen LogP contribution in [-0.4, -0.2) is 26.3 Å². The minimum Gasteiger partial charge on any atom is -0.233 e. The van der Waals surface area contributed by atoms with Crippen molar-refractivity contribution >= 4 is 6.03 Å². The molecule has 11 nitrogen and oxygen atoms in total. The largest absolute Gasteiger partial charge is 0.471 e. The summed E-state index contributed by atoms with van der Waals surface area (Å²) in [4.78, 5) is 29.9. The van der Waals surface area contributed by atoms with E-state index in [4.69, 9.17) is 0 Å². The van der Waals surface area contributed by atoms with Gasteiger partial charge in [0, 0.05) is 10.2 Å². The van der Waals surface area contributed by atoms with E-state index in [9.17, 15) is 25.0 Å². The Morgan fingerprint density at radius 2 is 1.33 bits per heavy atom. The Bertz CT molecular complexity index is 202. The Morgan fingerprint density at radius 3 is 1.50 bits per heavy atom. The van der Waals surface area contributed by atoms with Crippen LogP contribution in [-0.2, 0) is 0 Å². The average molecular weight is 180 g/mol. The van der Waals surface area contributed by atoms with Gasteiger partial charge >= 0.3 is 6.03 Å². The lowest BCUT2D eigenvalue weighted by Gasteiger charge is -2.07. The van der Waals surface area contributed by atoms with Gasteiger partial charge in [-0.05, 0) is 0 Å². The summed E-state index contributed by atoms with van der Waals surface area (Å²) >= 11 is 0. The first-order chi connectivity index (χ1) is 5.37. The summed E-state index contributed by atoms with van der Waals surface area (Å²) in [7, 11) is 0. The fraction of sp³-hybridized carbons (Fsp3) is 0. The molecule has 0 aromatic carbocycles. The van der Waals surface area contributed by atoms with Gasteiger partial charge in [0.1, 0.15) is 0 Å². The molecule has 11 heteroatoms. The van der Waals surface area contributed by atoms with Crippen LogP contribution in [0, 0.1) is 20.2 Å². The topological polar surface area (TPSA) is 162 Å². The minimum absolute atomic E-state index is 0.608. The third-order valence-corrected chi connectivity index (χ3v) is 0.744. The number of hydrazine groups is 4. The number of amides is 2. The molecule has 0 aromatic heterocycles. The highest BCUT2D eigenvalue weighted by Crippen LogP contribution is 1.87. The van der Waals surface area contributed by atoms with Crippen molar-refractivity contribution in [1.82, 2.24) is 10.2 Å². The third kappa shape index (κ3) is 1.99. The molecule has 0 aliphatic heterocycles. The van der Waals surface area contributed by atoms with Crippen molar-refractivity contribution in [2.24, 2.45) is 11.7 Å². The molecular weight excluding hydrogens is 176 g/mol. The summed E-state index contributed by atoms with van der Waals surface area (Å²) in [6.07, 6.45) is 0. The number of urea groups is 1. The van der Waals surface area contributed by atoms with Crippen LogP contribution in [0.2, 0.25) is 0 Å². The standard InChI is InChI=1S/CH4N6O5/c2-4(6(9)10)1(8)5(3)7(11)12/h2-3H2. The zero-order valence-corrected chi connectivity index (χ0v) is 5.48. The number of rotatable bonds is 2. The Balaban J connectivity index is 4.39. The molecule has 0 atom stereocenters. The lowest BCUT2D eigenvalue weighted by atomic mass is 11.0. The molecule has 0 saturated carbocycles. The first kappa shape index (κ1) is 9.99. The molecule has 0 radical (unpaired) electrons. The summed E-state index contributed by atoms with van der Waals surface area (Å²) in [5.41, 5.74) is 0. The second kappa shape index (κ2) is 3.40. The fourth-order valence-corrected chi connectivity index (χ4v) is 0.245. The number of hydrogen-bond donors (Lipinski definition) is 2. The highest BCUT2D eigenvalue weighted by Gasteiger charge is 2.32. The van der Waals surface area contributed by atoms with E-state index in [0.29, 0.717) is 0 Å².